The Hall–Kier alpha value is -3.94. The number of benzene rings is 2. The van der Waals surface area contributed by atoms with Crippen molar-refractivity contribution in [2.75, 3.05) is 7.11 Å². The number of hydrogen-bond donors (Lipinski definition) is 1. The molecule has 1 N–H and O–H groups in total. The van der Waals surface area contributed by atoms with Crippen molar-refractivity contribution < 1.29 is 9.84 Å². The van der Waals surface area contributed by atoms with Gasteiger partial charge in [0.15, 0.2) is 22.7 Å². The van der Waals surface area contributed by atoms with E-state index in [0.717, 1.165) is 0 Å². The lowest BCUT2D eigenvalue weighted by atomic mass is 10.1. The molecule has 0 aliphatic carbocycles. The van der Waals surface area contributed by atoms with Crippen LogP contribution in [0.2, 0.25) is 10.0 Å². The maximum Gasteiger partial charge on any atom is 0.172 e. The summed E-state index contributed by atoms with van der Waals surface area (Å²) in [5, 5.41) is 45.0. The fraction of sp³-hybridized carbons (Fsp3) is 0.0476. The average Bonchev–Trinajstić information content (AvgIpc) is 2.74. The molecule has 142 valence electrons. The molecule has 0 amide bonds. The van der Waals surface area contributed by atoms with Crippen LogP contribution in [0.25, 0.3) is 11.5 Å². The molecular formula is C21H12Cl2N4O2. The lowest BCUT2D eigenvalue weighted by Gasteiger charge is -2.05. The van der Waals surface area contributed by atoms with Gasteiger partial charge in [-0.15, -0.1) is 0 Å². The zero-order valence-corrected chi connectivity index (χ0v) is 16.5. The van der Waals surface area contributed by atoms with Crippen molar-refractivity contribution in [2.45, 2.75) is 0 Å². The molecular weight excluding hydrogens is 411 g/mol. The molecule has 2 aromatic rings. The SMILES string of the molecule is COC(=C(C#N)C#N)c1ccc(Cl)cc1.N#CC(C#N)=C(O)c1ccc(Cl)cc1. The summed E-state index contributed by atoms with van der Waals surface area (Å²) in [6.45, 7) is 0. The molecule has 2 aromatic carbocycles. The molecule has 8 heteroatoms. The predicted molar refractivity (Wildman–Crippen MR) is 109 cm³/mol. The molecule has 0 radical (unpaired) electrons. The summed E-state index contributed by atoms with van der Waals surface area (Å²) in [4.78, 5) is 0. The van der Waals surface area contributed by atoms with E-state index in [1.165, 1.54) is 19.2 Å². The van der Waals surface area contributed by atoms with E-state index in [9.17, 15) is 5.11 Å². The number of allylic oxidation sites excluding steroid dienone is 2. The second-order valence-electron chi connectivity index (χ2n) is 5.09. The summed E-state index contributed by atoms with van der Waals surface area (Å²) in [5.41, 5.74) is 0.680. The number of nitriles is 4. The number of ether oxygens (including phenoxy) is 1. The maximum atomic E-state index is 9.46. The zero-order chi connectivity index (χ0) is 21.8. The number of methoxy groups -OCH3 is 1. The fourth-order valence-electron chi connectivity index (χ4n) is 1.98. The van der Waals surface area contributed by atoms with Gasteiger partial charge in [0.2, 0.25) is 0 Å². The second-order valence-corrected chi connectivity index (χ2v) is 5.97. The number of rotatable bonds is 3. The summed E-state index contributed by atoms with van der Waals surface area (Å²) in [7, 11) is 1.42. The van der Waals surface area contributed by atoms with Crippen molar-refractivity contribution in [3.8, 4) is 24.3 Å². The van der Waals surface area contributed by atoms with Gasteiger partial charge in [0.05, 0.1) is 7.11 Å². The third-order valence-electron chi connectivity index (χ3n) is 3.34. The van der Waals surface area contributed by atoms with Gasteiger partial charge in [0.25, 0.3) is 0 Å². The Kier molecular flexibility index (Phi) is 9.32. The Morgan fingerprint density at radius 3 is 1.45 bits per heavy atom. The van der Waals surface area contributed by atoms with Crippen LogP contribution in [0.5, 0.6) is 0 Å². The van der Waals surface area contributed by atoms with Crippen molar-refractivity contribution in [2.24, 2.45) is 0 Å². The summed E-state index contributed by atoms with van der Waals surface area (Å²) in [5.74, 6) is -0.0664. The van der Waals surface area contributed by atoms with Crippen molar-refractivity contribution in [1.82, 2.24) is 0 Å². The minimum atomic E-state index is -0.327. The smallest absolute Gasteiger partial charge is 0.172 e. The van der Waals surface area contributed by atoms with Crippen molar-refractivity contribution in [1.29, 1.82) is 21.0 Å². The van der Waals surface area contributed by atoms with Crippen LogP contribution in [0.3, 0.4) is 0 Å². The molecule has 6 nitrogen and oxygen atoms in total. The number of aliphatic hydroxyl groups is 1. The molecule has 0 heterocycles. The summed E-state index contributed by atoms with van der Waals surface area (Å²) in [6, 6.07) is 19.7. The minimum Gasteiger partial charge on any atom is -0.505 e. The third kappa shape index (κ3) is 6.62. The van der Waals surface area contributed by atoms with Crippen LogP contribution in [0.1, 0.15) is 11.1 Å². The molecule has 0 aromatic heterocycles. The minimum absolute atomic E-state index is 0.0557. The highest BCUT2D eigenvalue weighted by Crippen LogP contribution is 2.21. The summed E-state index contributed by atoms with van der Waals surface area (Å²) < 4.78 is 5.01. The Morgan fingerprint density at radius 1 is 0.724 bits per heavy atom. The monoisotopic (exact) mass is 422 g/mol. The van der Waals surface area contributed by atoms with Crippen molar-refractivity contribution in [3.63, 3.8) is 0 Å². The van der Waals surface area contributed by atoms with Gasteiger partial charge >= 0.3 is 0 Å². The van der Waals surface area contributed by atoms with Crippen LogP contribution in [-0.2, 0) is 4.74 Å². The third-order valence-corrected chi connectivity index (χ3v) is 3.84. The maximum absolute atomic E-state index is 9.46. The number of halogens is 2. The molecule has 29 heavy (non-hydrogen) atoms. The zero-order valence-electron chi connectivity index (χ0n) is 15.0. The van der Waals surface area contributed by atoms with Crippen LogP contribution >= 0.6 is 23.2 Å². The average molecular weight is 423 g/mol. The largest absolute Gasteiger partial charge is 0.505 e. The Balaban J connectivity index is 0.000000291. The molecule has 0 bridgehead atoms. The van der Waals surface area contributed by atoms with E-state index in [1.807, 2.05) is 0 Å². The lowest BCUT2D eigenvalue weighted by Crippen LogP contribution is -1.91. The van der Waals surface area contributed by atoms with Crippen LogP contribution in [-0.4, -0.2) is 12.2 Å². The molecule has 0 atom stereocenters. The Labute approximate surface area is 177 Å². The molecule has 0 fully saturated rings. The van der Waals surface area contributed by atoms with Gasteiger partial charge in [0.1, 0.15) is 24.3 Å². The normalized spacial score (nSPS) is 8.52. The van der Waals surface area contributed by atoms with Crippen molar-refractivity contribution in [3.05, 3.63) is 80.8 Å². The van der Waals surface area contributed by atoms with E-state index in [-0.39, 0.29) is 22.7 Å². The van der Waals surface area contributed by atoms with Crippen molar-refractivity contribution >= 4 is 34.7 Å². The second kappa shape index (κ2) is 11.7. The van der Waals surface area contributed by atoms with E-state index in [1.54, 1.807) is 60.7 Å². The van der Waals surface area contributed by atoms with Crippen LogP contribution < -0.4 is 0 Å². The van der Waals surface area contributed by atoms with Gasteiger partial charge in [-0.1, -0.05) is 23.2 Å². The summed E-state index contributed by atoms with van der Waals surface area (Å²) >= 11 is 11.4. The predicted octanol–water partition coefficient (Wildman–Crippen LogP) is 5.40. The Morgan fingerprint density at radius 2 is 1.10 bits per heavy atom. The number of hydrogen-bond acceptors (Lipinski definition) is 6. The van der Waals surface area contributed by atoms with E-state index >= 15 is 0 Å². The first-order valence-corrected chi connectivity index (χ1v) is 8.51. The van der Waals surface area contributed by atoms with Gasteiger partial charge in [-0.2, -0.15) is 21.0 Å². The number of aliphatic hydroxyl groups excluding tert-OH is 1. The van der Waals surface area contributed by atoms with Gasteiger partial charge in [-0.05, 0) is 48.5 Å². The fourth-order valence-corrected chi connectivity index (χ4v) is 2.23. The standard InChI is InChI=1S/C11H7ClN2O.C10H5ClN2O/c1-15-11(9(6-13)7-14)8-2-4-10(12)5-3-8;11-9-3-1-7(2-4-9)10(14)8(5-12)6-13/h2-5H,1H3;1-4,14H. The van der Waals surface area contributed by atoms with E-state index in [0.29, 0.717) is 21.2 Å². The van der Waals surface area contributed by atoms with Gasteiger partial charge < -0.3 is 9.84 Å². The van der Waals surface area contributed by atoms with Gasteiger partial charge in [-0.25, -0.2) is 0 Å². The van der Waals surface area contributed by atoms with E-state index in [2.05, 4.69) is 0 Å². The quantitative estimate of drug-likeness (QED) is 0.521. The Bertz CT molecular complexity index is 1060. The van der Waals surface area contributed by atoms with E-state index in [4.69, 9.17) is 49.0 Å². The topological polar surface area (TPSA) is 125 Å². The first-order valence-electron chi connectivity index (χ1n) is 7.75. The molecule has 0 unspecified atom stereocenters. The van der Waals surface area contributed by atoms with Gasteiger partial charge in [0, 0.05) is 21.2 Å². The van der Waals surface area contributed by atoms with Crippen LogP contribution in [0, 0.1) is 45.3 Å². The van der Waals surface area contributed by atoms with Gasteiger partial charge in [-0.3, -0.25) is 0 Å². The highest BCUT2D eigenvalue weighted by atomic mass is 35.5. The van der Waals surface area contributed by atoms with E-state index < -0.39 is 0 Å². The number of nitrogens with zero attached hydrogens (tertiary/aromatic N) is 4. The molecule has 0 saturated carbocycles. The molecule has 0 aliphatic rings. The molecule has 0 aliphatic heterocycles. The first-order chi connectivity index (χ1) is 13.9. The van der Waals surface area contributed by atoms with Crippen LogP contribution in [0.4, 0.5) is 0 Å². The first kappa shape index (κ1) is 23.1. The molecule has 2 rings (SSSR count). The molecule has 0 saturated heterocycles. The van der Waals surface area contributed by atoms with Crippen LogP contribution in [0.15, 0.2) is 59.7 Å². The highest BCUT2D eigenvalue weighted by Gasteiger charge is 2.09. The molecule has 0 spiro atoms. The summed E-state index contributed by atoms with van der Waals surface area (Å²) in [6.07, 6.45) is 0. The highest BCUT2D eigenvalue weighted by molar-refractivity contribution is 6.30. The lowest BCUT2D eigenvalue weighted by molar-refractivity contribution is 0.369.